The molecule has 0 aromatic heterocycles. The Balaban J connectivity index is 1.91. The van der Waals surface area contributed by atoms with Crippen molar-refractivity contribution in [1.82, 2.24) is 10.2 Å². The number of benzene rings is 1. The Morgan fingerprint density at radius 1 is 1.24 bits per heavy atom. The van der Waals surface area contributed by atoms with E-state index in [0.717, 1.165) is 61.7 Å². The van der Waals surface area contributed by atoms with E-state index in [1.807, 2.05) is 12.1 Å². The van der Waals surface area contributed by atoms with Crippen LogP contribution in [0.3, 0.4) is 0 Å². The summed E-state index contributed by atoms with van der Waals surface area (Å²) < 4.78 is 6.66. The van der Waals surface area contributed by atoms with Gasteiger partial charge in [0.15, 0.2) is 0 Å². The number of rotatable bonds is 3. The van der Waals surface area contributed by atoms with Crippen LogP contribution in [0.5, 0.6) is 0 Å². The molecular weight excluding hydrogens is 352 g/mol. The second kappa shape index (κ2) is 7.42. The van der Waals surface area contributed by atoms with Gasteiger partial charge in [-0.3, -0.25) is 4.90 Å². The second-order valence-electron chi connectivity index (χ2n) is 5.85. The lowest BCUT2D eigenvalue weighted by Crippen LogP contribution is -2.47. The molecule has 116 valence electrons. The summed E-state index contributed by atoms with van der Waals surface area (Å²) >= 11 is 10.1. The number of piperazine rings is 1. The molecule has 2 aliphatic rings. The highest BCUT2D eigenvalue weighted by atomic mass is 79.9. The Morgan fingerprint density at radius 3 is 2.67 bits per heavy atom. The highest BCUT2D eigenvalue weighted by Crippen LogP contribution is 2.39. The Labute approximate surface area is 140 Å². The quantitative estimate of drug-likeness (QED) is 0.878. The van der Waals surface area contributed by atoms with Crippen molar-refractivity contribution in [2.24, 2.45) is 5.92 Å². The van der Waals surface area contributed by atoms with Crippen LogP contribution in [-0.2, 0) is 4.74 Å². The van der Waals surface area contributed by atoms with Gasteiger partial charge in [0.2, 0.25) is 0 Å². The van der Waals surface area contributed by atoms with Crippen molar-refractivity contribution < 1.29 is 4.74 Å². The van der Waals surface area contributed by atoms with E-state index < -0.39 is 0 Å². The van der Waals surface area contributed by atoms with E-state index in [2.05, 4.69) is 32.2 Å². The summed E-state index contributed by atoms with van der Waals surface area (Å²) in [4.78, 5) is 2.60. The molecule has 0 unspecified atom stereocenters. The monoisotopic (exact) mass is 372 g/mol. The first-order valence-electron chi connectivity index (χ1n) is 7.73. The predicted octanol–water partition coefficient (Wildman–Crippen LogP) is 3.48. The molecule has 1 aromatic rings. The predicted molar refractivity (Wildman–Crippen MR) is 89.9 cm³/mol. The lowest BCUT2D eigenvalue weighted by molar-refractivity contribution is 0.0213. The lowest BCUT2D eigenvalue weighted by atomic mass is 9.85. The van der Waals surface area contributed by atoms with Gasteiger partial charge in [-0.15, -0.1) is 0 Å². The maximum absolute atomic E-state index is 6.54. The average molecular weight is 374 g/mol. The molecule has 1 atom stereocenters. The van der Waals surface area contributed by atoms with Crippen LogP contribution in [0, 0.1) is 5.92 Å². The fraction of sp³-hybridized carbons (Fsp3) is 0.625. The Kier molecular flexibility index (Phi) is 5.57. The van der Waals surface area contributed by atoms with Crippen molar-refractivity contribution in [3.63, 3.8) is 0 Å². The molecule has 2 heterocycles. The molecule has 0 spiro atoms. The molecule has 2 fully saturated rings. The first kappa shape index (κ1) is 15.8. The molecule has 0 amide bonds. The molecular formula is C16H22BrClN2O. The van der Waals surface area contributed by atoms with E-state index >= 15 is 0 Å². The number of halogens is 2. The topological polar surface area (TPSA) is 24.5 Å². The first-order chi connectivity index (χ1) is 10.3. The van der Waals surface area contributed by atoms with E-state index in [0.29, 0.717) is 12.0 Å². The fourth-order valence-electron chi connectivity index (χ4n) is 3.48. The van der Waals surface area contributed by atoms with E-state index in [9.17, 15) is 0 Å². The van der Waals surface area contributed by atoms with Crippen molar-refractivity contribution in [2.45, 2.75) is 18.9 Å². The molecule has 3 rings (SSSR count). The Morgan fingerprint density at radius 2 is 1.95 bits per heavy atom. The van der Waals surface area contributed by atoms with Crippen molar-refractivity contribution in [3.8, 4) is 0 Å². The zero-order chi connectivity index (χ0) is 14.7. The van der Waals surface area contributed by atoms with Gasteiger partial charge in [0, 0.05) is 54.9 Å². The van der Waals surface area contributed by atoms with Crippen LogP contribution in [0.4, 0.5) is 0 Å². The van der Waals surface area contributed by atoms with Gasteiger partial charge < -0.3 is 10.1 Å². The van der Waals surface area contributed by atoms with E-state index in [4.69, 9.17) is 16.3 Å². The number of ether oxygens (including phenoxy) is 1. The highest BCUT2D eigenvalue weighted by Gasteiger charge is 2.32. The Hall–Kier alpha value is -0.130. The molecule has 3 nitrogen and oxygen atoms in total. The van der Waals surface area contributed by atoms with E-state index in [1.165, 1.54) is 5.56 Å². The minimum atomic E-state index is 0.404. The molecule has 2 saturated heterocycles. The van der Waals surface area contributed by atoms with Crippen LogP contribution in [-0.4, -0.2) is 44.3 Å². The second-order valence-corrected chi connectivity index (χ2v) is 7.17. The number of hydrogen-bond donors (Lipinski definition) is 1. The standard InChI is InChI=1S/C16H22BrClN2O/c17-13-1-2-15(18)14(11-13)16(12-3-9-21-10-4-12)20-7-5-19-6-8-20/h1-2,11-12,16,19H,3-10H2/t16-/m0/s1. The van der Waals surface area contributed by atoms with Gasteiger partial charge in [-0.2, -0.15) is 0 Å². The molecule has 5 heteroatoms. The van der Waals surface area contributed by atoms with Crippen LogP contribution >= 0.6 is 27.5 Å². The smallest absolute Gasteiger partial charge is 0.0469 e. The minimum absolute atomic E-state index is 0.404. The lowest BCUT2D eigenvalue weighted by Gasteiger charge is -2.41. The van der Waals surface area contributed by atoms with Gasteiger partial charge in [0.05, 0.1) is 0 Å². The van der Waals surface area contributed by atoms with Crippen molar-refractivity contribution in [2.75, 3.05) is 39.4 Å². The maximum Gasteiger partial charge on any atom is 0.0469 e. The molecule has 21 heavy (non-hydrogen) atoms. The van der Waals surface area contributed by atoms with Crippen LogP contribution in [0.1, 0.15) is 24.4 Å². The average Bonchev–Trinajstić information content (AvgIpc) is 2.53. The maximum atomic E-state index is 6.54. The Bertz CT molecular complexity index is 455. The molecule has 0 saturated carbocycles. The van der Waals surface area contributed by atoms with Gasteiger partial charge in [0.1, 0.15) is 0 Å². The van der Waals surface area contributed by atoms with Crippen molar-refractivity contribution in [3.05, 3.63) is 33.3 Å². The minimum Gasteiger partial charge on any atom is -0.381 e. The van der Waals surface area contributed by atoms with E-state index in [1.54, 1.807) is 0 Å². The summed E-state index contributed by atoms with van der Waals surface area (Å²) in [7, 11) is 0. The molecule has 2 aliphatic heterocycles. The SMILES string of the molecule is Clc1ccc(Br)cc1[C@H](C1CCOCC1)N1CCNCC1. The van der Waals surface area contributed by atoms with Crippen molar-refractivity contribution >= 4 is 27.5 Å². The van der Waals surface area contributed by atoms with Gasteiger partial charge in [-0.25, -0.2) is 0 Å². The van der Waals surface area contributed by atoms with Gasteiger partial charge in [0.25, 0.3) is 0 Å². The molecule has 1 N–H and O–H groups in total. The number of nitrogens with one attached hydrogen (secondary N) is 1. The molecule has 0 aliphatic carbocycles. The summed E-state index contributed by atoms with van der Waals surface area (Å²) in [6.45, 7) is 6.05. The van der Waals surface area contributed by atoms with Crippen LogP contribution < -0.4 is 5.32 Å². The largest absolute Gasteiger partial charge is 0.381 e. The molecule has 1 aromatic carbocycles. The summed E-state index contributed by atoms with van der Waals surface area (Å²) in [5.41, 5.74) is 1.26. The number of hydrogen-bond acceptors (Lipinski definition) is 3. The first-order valence-corrected chi connectivity index (χ1v) is 8.90. The summed E-state index contributed by atoms with van der Waals surface area (Å²) in [6, 6.07) is 6.63. The van der Waals surface area contributed by atoms with Gasteiger partial charge >= 0.3 is 0 Å². The zero-order valence-corrected chi connectivity index (χ0v) is 14.5. The molecule has 0 radical (unpaired) electrons. The third kappa shape index (κ3) is 3.80. The fourth-order valence-corrected chi connectivity index (χ4v) is 4.09. The highest BCUT2D eigenvalue weighted by molar-refractivity contribution is 9.10. The van der Waals surface area contributed by atoms with Crippen LogP contribution in [0.2, 0.25) is 5.02 Å². The van der Waals surface area contributed by atoms with Gasteiger partial charge in [-0.1, -0.05) is 27.5 Å². The van der Waals surface area contributed by atoms with Crippen molar-refractivity contribution in [1.29, 1.82) is 0 Å². The van der Waals surface area contributed by atoms with Crippen LogP contribution in [0.15, 0.2) is 22.7 Å². The van der Waals surface area contributed by atoms with E-state index in [-0.39, 0.29) is 0 Å². The normalized spacial score (nSPS) is 23.1. The number of nitrogens with zero attached hydrogens (tertiary/aromatic N) is 1. The summed E-state index contributed by atoms with van der Waals surface area (Å²) in [5.74, 6) is 0.628. The van der Waals surface area contributed by atoms with Crippen LogP contribution in [0.25, 0.3) is 0 Å². The summed E-state index contributed by atoms with van der Waals surface area (Å²) in [6.07, 6.45) is 2.24. The third-order valence-corrected chi connectivity index (χ3v) is 5.37. The summed E-state index contributed by atoms with van der Waals surface area (Å²) in [5, 5.41) is 4.32. The third-order valence-electron chi connectivity index (χ3n) is 4.53. The van der Waals surface area contributed by atoms with Gasteiger partial charge in [-0.05, 0) is 42.5 Å². The zero-order valence-electron chi connectivity index (χ0n) is 12.2. The molecule has 0 bridgehead atoms.